The molecule has 0 bridgehead atoms. The second kappa shape index (κ2) is 12.4. The van der Waals surface area contributed by atoms with Gasteiger partial charge in [-0.25, -0.2) is 9.97 Å². The third-order valence-corrected chi connectivity index (χ3v) is 8.02. The maximum atomic E-state index is 13.3. The van der Waals surface area contributed by atoms with Gasteiger partial charge in [-0.2, -0.15) is 4.98 Å². The Morgan fingerprint density at radius 3 is 2.51 bits per heavy atom. The van der Waals surface area contributed by atoms with Crippen LogP contribution in [-0.2, 0) is 13.0 Å². The van der Waals surface area contributed by atoms with Crippen LogP contribution in [0.15, 0.2) is 73.3 Å². The quantitative estimate of drug-likeness (QED) is 0.206. The lowest BCUT2D eigenvalue weighted by Gasteiger charge is -2.32. The number of piperazine rings is 1. The minimum atomic E-state index is 0.0754. The van der Waals surface area contributed by atoms with Crippen LogP contribution >= 0.6 is 0 Å². The zero-order chi connectivity index (χ0) is 29.9. The molecule has 1 aliphatic rings. The first-order chi connectivity index (χ1) is 20.8. The van der Waals surface area contributed by atoms with Crippen LogP contribution < -0.4 is 4.74 Å². The largest absolute Gasteiger partial charge is 0.437 e. The van der Waals surface area contributed by atoms with Gasteiger partial charge in [0.05, 0.1) is 6.33 Å². The number of aryl methyl sites for hydroxylation is 1. The topological polar surface area (TPSA) is 89.3 Å². The summed E-state index contributed by atoms with van der Waals surface area (Å²) in [6, 6.07) is 17.6. The summed E-state index contributed by atoms with van der Waals surface area (Å²) in [6.07, 6.45) is 5.47. The lowest BCUT2D eigenvalue weighted by Crippen LogP contribution is -2.43. The number of carbonyl (C=O) groups excluding carboxylic acids is 1. The molecule has 0 N–H and O–H groups in total. The summed E-state index contributed by atoms with van der Waals surface area (Å²) in [4.78, 5) is 36.4. The Morgan fingerprint density at radius 2 is 1.77 bits per heavy atom. The average molecular weight is 576 g/mol. The van der Waals surface area contributed by atoms with E-state index in [1.54, 1.807) is 18.7 Å². The Morgan fingerprint density at radius 1 is 0.977 bits per heavy atom. The van der Waals surface area contributed by atoms with Crippen LogP contribution in [0.4, 0.5) is 0 Å². The molecule has 6 rings (SSSR count). The van der Waals surface area contributed by atoms with Gasteiger partial charge in [0.25, 0.3) is 5.88 Å². The van der Waals surface area contributed by atoms with Gasteiger partial charge in [-0.1, -0.05) is 24.3 Å². The number of rotatable bonds is 9. The SMILES string of the molecule is Cc1cc(C(=O)Cc2cccc(Oc3nc(-c4ccncc4)nc4c3ncn4C(C)C)c2)ccc1CN1CCN(C)CC1. The van der Waals surface area contributed by atoms with Gasteiger partial charge in [0.2, 0.25) is 0 Å². The van der Waals surface area contributed by atoms with Crippen LogP contribution in [0.1, 0.15) is 46.9 Å². The molecule has 0 unspecified atom stereocenters. The Bertz CT molecular complexity index is 1740. The standard InChI is InChI=1S/C34H37N7O2/c1-23(2)41-22-36-31-33(41)37-32(26-10-12-35-13-11-26)38-34(31)43-29-7-5-6-25(19-29)20-30(42)27-8-9-28(24(3)18-27)21-40-16-14-39(4)15-17-40/h5-13,18-19,22-23H,14-17,20-21H2,1-4H3. The van der Waals surface area contributed by atoms with Crippen molar-refractivity contribution in [2.24, 2.45) is 0 Å². The van der Waals surface area contributed by atoms with Crippen LogP contribution in [0.5, 0.6) is 11.6 Å². The van der Waals surface area contributed by atoms with Gasteiger partial charge in [-0.15, -0.1) is 0 Å². The summed E-state index contributed by atoms with van der Waals surface area (Å²) >= 11 is 0. The molecule has 220 valence electrons. The van der Waals surface area contributed by atoms with E-state index in [4.69, 9.17) is 14.7 Å². The van der Waals surface area contributed by atoms with Gasteiger partial charge in [-0.05, 0) is 74.8 Å². The lowest BCUT2D eigenvalue weighted by atomic mass is 9.98. The fourth-order valence-electron chi connectivity index (χ4n) is 5.38. The number of hydrogen-bond donors (Lipinski definition) is 0. The zero-order valence-corrected chi connectivity index (χ0v) is 25.2. The van der Waals surface area contributed by atoms with Crippen molar-refractivity contribution in [3.05, 3.63) is 95.6 Å². The molecule has 43 heavy (non-hydrogen) atoms. The molecule has 1 aliphatic heterocycles. The van der Waals surface area contributed by atoms with E-state index in [1.165, 1.54) is 5.56 Å². The Balaban J connectivity index is 1.20. The van der Waals surface area contributed by atoms with Crippen LogP contribution in [0.25, 0.3) is 22.6 Å². The van der Waals surface area contributed by atoms with E-state index in [0.717, 1.165) is 55.0 Å². The first-order valence-electron chi connectivity index (χ1n) is 14.8. The van der Waals surface area contributed by atoms with Crippen LogP contribution in [-0.4, -0.2) is 73.3 Å². The van der Waals surface area contributed by atoms with Crippen molar-refractivity contribution in [2.75, 3.05) is 33.2 Å². The Labute approximate surface area is 252 Å². The highest BCUT2D eigenvalue weighted by molar-refractivity contribution is 5.97. The van der Waals surface area contributed by atoms with Crippen LogP contribution in [0.2, 0.25) is 0 Å². The van der Waals surface area contributed by atoms with Crippen molar-refractivity contribution in [3.63, 3.8) is 0 Å². The summed E-state index contributed by atoms with van der Waals surface area (Å²) in [6.45, 7) is 11.5. The van der Waals surface area contributed by atoms with E-state index < -0.39 is 0 Å². The molecule has 1 fully saturated rings. The second-order valence-corrected chi connectivity index (χ2v) is 11.6. The predicted molar refractivity (Wildman–Crippen MR) is 167 cm³/mol. The van der Waals surface area contributed by atoms with Crippen molar-refractivity contribution in [2.45, 2.75) is 39.8 Å². The van der Waals surface area contributed by atoms with E-state index in [9.17, 15) is 4.79 Å². The number of benzene rings is 2. The molecule has 0 spiro atoms. The van der Waals surface area contributed by atoms with Gasteiger partial charge in [0, 0.05) is 68.7 Å². The number of imidazole rings is 1. The number of Topliss-reactive ketones (excluding diaryl/α,β-unsaturated/α-hetero) is 1. The molecule has 9 nitrogen and oxygen atoms in total. The number of ketones is 1. The van der Waals surface area contributed by atoms with Gasteiger partial charge in [0.1, 0.15) is 5.75 Å². The van der Waals surface area contributed by atoms with Crippen molar-refractivity contribution < 1.29 is 9.53 Å². The zero-order valence-electron chi connectivity index (χ0n) is 25.2. The average Bonchev–Trinajstić information content (AvgIpc) is 3.45. The van der Waals surface area contributed by atoms with Crippen molar-refractivity contribution in [3.8, 4) is 23.0 Å². The molecule has 0 amide bonds. The molecular formula is C34H37N7O2. The fourth-order valence-corrected chi connectivity index (χ4v) is 5.38. The van der Waals surface area contributed by atoms with Gasteiger partial charge >= 0.3 is 0 Å². The minimum absolute atomic E-state index is 0.0754. The molecule has 4 heterocycles. The summed E-state index contributed by atoms with van der Waals surface area (Å²) in [5, 5.41) is 0. The lowest BCUT2D eigenvalue weighted by molar-refractivity contribution is 0.0993. The number of carbonyl (C=O) groups is 1. The number of nitrogens with zero attached hydrogens (tertiary/aromatic N) is 7. The van der Waals surface area contributed by atoms with E-state index in [2.05, 4.69) is 53.7 Å². The molecule has 9 heteroatoms. The number of fused-ring (bicyclic) bond motifs is 1. The maximum absolute atomic E-state index is 13.3. The Kier molecular flexibility index (Phi) is 8.26. The monoisotopic (exact) mass is 575 g/mol. The number of likely N-dealkylation sites (N-methyl/N-ethyl adjacent to an activating group) is 1. The normalized spacial score (nSPS) is 14.4. The number of hydrogen-bond acceptors (Lipinski definition) is 8. The molecule has 0 atom stereocenters. The Hall–Kier alpha value is -4.47. The third-order valence-electron chi connectivity index (χ3n) is 8.02. The number of pyridine rings is 1. The van der Waals surface area contributed by atoms with E-state index >= 15 is 0 Å². The number of aromatic nitrogens is 5. The highest BCUT2D eigenvalue weighted by Gasteiger charge is 2.19. The first kappa shape index (κ1) is 28.6. The van der Waals surface area contributed by atoms with E-state index in [0.29, 0.717) is 28.6 Å². The van der Waals surface area contributed by atoms with Gasteiger partial charge < -0.3 is 14.2 Å². The van der Waals surface area contributed by atoms with Crippen molar-refractivity contribution in [1.82, 2.24) is 34.3 Å². The summed E-state index contributed by atoms with van der Waals surface area (Å²) in [5.41, 5.74) is 6.14. The third kappa shape index (κ3) is 6.48. The molecule has 3 aromatic heterocycles. The molecule has 0 radical (unpaired) electrons. The van der Waals surface area contributed by atoms with Gasteiger partial charge in [-0.3, -0.25) is 14.7 Å². The molecular weight excluding hydrogens is 538 g/mol. The molecule has 2 aromatic carbocycles. The molecule has 5 aromatic rings. The summed E-state index contributed by atoms with van der Waals surface area (Å²) in [7, 11) is 2.17. The molecule has 0 aliphatic carbocycles. The van der Waals surface area contributed by atoms with E-state index in [1.807, 2.05) is 53.1 Å². The van der Waals surface area contributed by atoms with E-state index in [-0.39, 0.29) is 18.2 Å². The van der Waals surface area contributed by atoms with Crippen LogP contribution in [0, 0.1) is 6.92 Å². The summed E-state index contributed by atoms with van der Waals surface area (Å²) < 4.78 is 8.33. The first-order valence-corrected chi connectivity index (χ1v) is 14.8. The predicted octanol–water partition coefficient (Wildman–Crippen LogP) is 5.74. The van der Waals surface area contributed by atoms with Crippen molar-refractivity contribution >= 4 is 16.9 Å². The van der Waals surface area contributed by atoms with Crippen LogP contribution in [0.3, 0.4) is 0 Å². The highest BCUT2D eigenvalue weighted by Crippen LogP contribution is 2.31. The van der Waals surface area contributed by atoms with Crippen molar-refractivity contribution in [1.29, 1.82) is 0 Å². The molecule has 1 saturated heterocycles. The molecule has 0 saturated carbocycles. The highest BCUT2D eigenvalue weighted by atomic mass is 16.5. The number of ether oxygens (including phenoxy) is 1. The fraction of sp³-hybridized carbons (Fsp3) is 0.324. The smallest absolute Gasteiger partial charge is 0.251 e. The summed E-state index contributed by atoms with van der Waals surface area (Å²) in [5.74, 6) is 1.56. The second-order valence-electron chi connectivity index (χ2n) is 11.6. The van der Waals surface area contributed by atoms with Gasteiger partial charge in [0.15, 0.2) is 22.8 Å². The maximum Gasteiger partial charge on any atom is 0.251 e. The minimum Gasteiger partial charge on any atom is -0.437 e.